The number of hydrogen-bond donors (Lipinski definition) is 2. The maximum atomic E-state index is 14.0. The highest BCUT2D eigenvalue weighted by Gasteiger charge is 2.36. The summed E-state index contributed by atoms with van der Waals surface area (Å²) in [6, 6.07) is 7.94. The molecule has 2 heterocycles. The Hall–Kier alpha value is -3.84. The van der Waals surface area contributed by atoms with E-state index in [0.29, 0.717) is 17.8 Å². The van der Waals surface area contributed by atoms with Gasteiger partial charge in [-0.2, -0.15) is 0 Å². The second-order valence-electron chi connectivity index (χ2n) is 13.9. The zero-order valence-corrected chi connectivity index (χ0v) is 31.6. The maximum absolute atomic E-state index is 14.0. The molecular formula is C37H55N5O7S. The molecule has 2 N–H and O–H groups in total. The Morgan fingerprint density at radius 1 is 1.04 bits per heavy atom. The number of likely N-dealkylation sites (tertiary alicyclic amines) is 1. The number of carbonyl (C=O) groups excluding carboxylic acids is 5. The molecule has 50 heavy (non-hydrogen) atoms. The number of methoxy groups -OCH3 is 1. The van der Waals surface area contributed by atoms with Crippen molar-refractivity contribution in [3.05, 3.63) is 52.0 Å². The predicted octanol–water partition coefficient (Wildman–Crippen LogP) is 4.54. The molecule has 0 saturated carbocycles. The predicted molar refractivity (Wildman–Crippen MR) is 192 cm³/mol. The molecule has 1 unspecified atom stereocenters. The van der Waals surface area contributed by atoms with E-state index in [0.717, 1.165) is 31.4 Å². The van der Waals surface area contributed by atoms with Crippen LogP contribution >= 0.6 is 11.3 Å². The number of nitrogens with zero attached hydrogens (tertiary/aromatic N) is 3. The van der Waals surface area contributed by atoms with Gasteiger partial charge in [0.2, 0.25) is 11.8 Å². The van der Waals surface area contributed by atoms with Gasteiger partial charge in [-0.25, -0.2) is 4.98 Å². The maximum Gasteiger partial charge on any atom is 0.305 e. The number of amides is 3. The van der Waals surface area contributed by atoms with Crippen molar-refractivity contribution in [3.8, 4) is 0 Å². The molecule has 0 bridgehead atoms. The van der Waals surface area contributed by atoms with Gasteiger partial charge < -0.3 is 25.0 Å². The van der Waals surface area contributed by atoms with E-state index < -0.39 is 24.0 Å². The third kappa shape index (κ3) is 11.9. The number of benzene rings is 1. The summed E-state index contributed by atoms with van der Waals surface area (Å²) in [5.41, 5.74) is 1.18. The first-order chi connectivity index (χ1) is 23.7. The van der Waals surface area contributed by atoms with Crippen LogP contribution in [0.15, 0.2) is 35.7 Å². The van der Waals surface area contributed by atoms with Gasteiger partial charge in [-0.15, -0.1) is 11.3 Å². The molecule has 12 nitrogen and oxygen atoms in total. The normalized spacial score (nSPS) is 17.4. The number of carbonyl (C=O) groups is 5. The number of piperidine rings is 1. The monoisotopic (exact) mass is 713 g/mol. The molecule has 0 aliphatic carbocycles. The van der Waals surface area contributed by atoms with E-state index in [2.05, 4.69) is 15.6 Å². The van der Waals surface area contributed by atoms with E-state index in [1.807, 2.05) is 70.0 Å². The summed E-state index contributed by atoms with van der Waals surface area (Å²) in [6.45, 7) is 9.96. The summed E-state index contributed by atoms with van der Waals surface area (Å²) in [6.07, 6.45) is 3.25. The summed E-state index contributed by atoms with van der Waals surface area (Å²) in [7, 11) is 4.99. The van der Waals surface area contributed by atoms with Crippen molar-refractivity contribution in [3.63, 3.8) is 0 Å². The van der Waals surface area contributed by atoms with Crippen LogP contribution in [0.3, 0.4) is 0 Å². The van der Waals surface area contributed by atoms with Crippen LogP contribution in [0.2, 0.25) is 0 Å². The lowest BCUT2D eigenvalue weighted by molar-refractivity contribution is -0.149. The molecular weight excluding hydrogens is 659 g/mol. The Kier molecular flexibility index (Phi) is 15.8. The van der Waals surface area contributed by atoms with Crippen LogP contribution in [0.4, 0.5) is 0 Å². The van der Waals surface area contributed by atoms with Crippen LogP contribution < -0.4 is 10.6 Å². The van der Waals surface area contributed by atoms with Crippen molar-refractivity contribution in [1.82, 2.24) is 25.4 Å². The zero-order valence-electron chi connectivity index (χ0n) is 30.8. The molecule has 2 aromatic rings. The van der Waals surface area contributed by atoms with Crippen LogP contribution in [-0.2, 0) is 35.1 Å². The van der Waals surface area contributed by atoms with Gasteiger partial charge in [0.15, 0.2) is 6.10 Å². The first-order valence-electron chi connectivity index (χ1n) is 17.5. The summed E-state index contributed by atoms with van der Waals surface area (Å²) in [5, 5.41) is 8.09. The van der Waals surface area contributed by atoms with E-state index in [1.54, 1.807) is 17.3 Å². The Morgan fingerprint density at radius 3 is 2.34 bits per heavy atom. The Bertz CT molecular complexity index is 1430. The van der Waals surface area contributed by atoms with E-state index in [1.165, 1.54) is 25.4 Å². The Balaban J connectivity index is 1.78. The second kappa shape index (κ2) is 19.5. The van der Waals surface area contributed by atoms with Gasteiger partial charge in [-0.05, 0) is 56.7 Å². The van der Waals surface area contributed by atoms with Crippen LogP contribution in [0.1, 0.15) is 100 Å². The topological polar surface area (TPSA) is 147 Å². The first kappa shape index (κ1) is 40.6. The third-order valence-corrected chi connectivity index (χ3v) is 10.2. The van der Waals surface area contributed by atoms with Crippen LogP contribution in [-0.4, -0.2) is 96.4 Å². The Morgan fingerprint density at radius 2 is 1.74 bits per heavy atom. The highest BCUT2D eigenvalue weighted by molar-refractivity contribution is 7.09. The van der Waals surface area contributed by atoms with E-state index in [-0.39, 0.29) is 66.3 Å². The average molecular weight is 714 g/mol. The van der Waals surface area contributed by atoms with E-state index >= 15 is 0 Å². The van der Waals surface area contributed by atoms with Crippen molar-refractivity contribution < 1.29 is 33.4 Å². The Labute approximate surface area is 300 Å². The molecule has 5 atom stereocenters. The number of hydrogen-bond acceptors (Lipinski definition) is 10. The van der Waals surface area contributed by atoms with Gasteiger partial charge in [-0.3, -0.25) is 28.9 Å². The molecule has 3 rings (SSSR count). The van der Waals surface area contributed by atoms with Gasteiger partial charge in [-0.1, -0.05) is 64.4 Å². The number of esters is 2. The fourth-order valence-electron chi connectivity index (χ4n) is 6.37. The summed E-state index contributed by atoms with van der Waals surface area (Å²) < 4.78 is 10.6. The lowest BCUT2D eigenvalue weighted by atomic mass is 9.94. The molecule has 1 aromatic heterocycles. The summed E-state index contributed by atoms with van der Waals surface area (Å²) >= 11 is 1.20. The molecule has 0 radical (unpaired) electrons. The SMILES string of the molecule is COC(=O)CC[C@H](Cc1ccccc1)NC(=O)c1csc([C@@H](CC(C(C)C)N(C)C(=O)[C@@H](NC(=O)[C@H]2CCCCN2C)C(C)C)OC(C)=O)n1. The van der Waals surface area contributed by atoms with Crippen molar-refractivity contribution in [2.24, 2.45) is 11.8 Å². The van der Waals surface area contributed by atoms with Gasteiger partial charge in [0.25, 0.3) is 5.91 Å². The largest absolute Gasteiger partial charge is 0.469 e. The lowest BCUT2D eigenvalue weighted by Gasteiger charge is -2.37. The van der Waals surface area contributed by atoms with Crippen molar-refractivity contribution >= 4 is 41.0 Å². The number of rotatable bonds is 17. The molecule has 1 fully saturated rings. The molecule has 1 aliphatic heterocycles. The minimum atomic E-state index is -0.816. The molecule has 0 spiro atoms. The van der Waals surface area contributed by atoms with Crippen molar-refractivity contribution in [2.45, 2.75) is 110 Å². The first-order valence-corrected chi connectivity index (χ1v) is 18.4. The van der Waals surface area contributed by atoms with E-state index in [4.69, 9.17) is 9.47 Å². The molecule has 1 aromatic carbocycles. The van der Waals surface area contributed by atoms with Crippen LogP contribution in [0.5, 0.6) is 0 Å². The van der Waals surface area contributed by atoms with E-state index in [9.17, 15) is 24.0 Å². The minimum absolute atomic E-state index is 0.0358. The summed E-state index contributed by atoms with van der Waals surface area (Å²) in [4.78, 5) is 73.2. The van der Waals surface area contributed by atoms with Crippen molar-refractivity contribution in [1.29, 1.82) is 0 Å². The molecule has 1 aliphatic rings. The fourth-order valence-corrected chi connectivity index (χ4v) is 7.21. The number of nitrogens with one attached hydrogen (secondary N) is 2. The smallest absolute Gasteiger partial charge is 0.305 e. The van der Waals surface area contributed by atoms with Crippen LogP contribution in [0.25, 0.3) is 0 Å². The lowest BCUT2D eigenvalue weighted by Crippen LogP contribution is -2.57. The minimum Gasteiger partial charge on any atom is -0.469 e. The van der Waals surface area contributed by atoms with Gasteiger partial charge in [0.05, 0.1) is 13.2 Å². The van der Waals surface area contributed by atoms with Gasteiger partial charge >= 0.3 is 11.9 Å². The molecule has 13 heteroatoms. The highest BCUT2D eigenvalue weighted by atomic mass is 32.1. The molecule has 276 valence electrons. The highest BCUT2D eigenvalue weighted by Crippen LogP contribution is 2.31. The van der Waals surface area contributed by atoms with Gasteiger partial charge in [0, 0.05) is 44.3 Å². The van der Waals surface area contributed by atoms with Crippen molar-refractivity contribution in [2.75, 3.05) is 27.7 Å². The fraction of sp³-hybridized carbons (Fsp3) is 0.622. The zero-order chi connectivity index (χ0) is 37.0. The van der Waals surface area contributed by atoms with Gasteiger partial charge in [0.1, 0.15) is 16.7 Å². The van der Waals surface area contributed by atoms with Crippen LogP contribution in [0, 0.1) is 11.8 Å². The second-order valence-corrected chi connectivity index (χ2v) is 14.8. The molecule has 3 amide bonds. The third-order valence-electron chi connectivity index (χ3n) is 9.30. The number of ether oxygens (including phenoxy) is 2. The number of likely N-dealkylation sites (N-methyl/N-ethyl adjacent to an activating group) is 2. The number of thiazole rings is 1. The quantitative estimate of drug-likeness (QED) is 0.226. The molecule has 1 saturated heterocycles. The average Bonchev–Trinajstić information content (AvgIpc) is 3.58. The standard InChI is InChI=1S/C37H55N5O7S/c1-23(2)30(42(7)37(47)33(24(3)4)40-35(46)29-16-12-13-19-41(29)6)21-31(49-25(5)43)36-39-28(22-50-36)34(45)38-27(17-18-32(44)48-8)20-26-14-10-9-11-15-26/h9-11,14-15,22-24,27,29-31,33H,12-13,16-21H2,1-8H3,(H,38,45)(H,40,46)/t27-,29-,30?,31-,33+/m1/s1. The summed E-state index contributed by atoms with van der Waals surface area (Å²) in [5.74, 6) is -1.84. The number of aromatic nitrogens is 1.